The molecule has 2 aromatic heterocycles. The molecule has 156 valence electrons. The van der Waals surface area contributed by atoms with E-state index in [1.54, 1.807) is 19.5 Å². The number of carbonyl (C=O) groups excluding carboxylic acids is 1. The van der Waals surface area contributed by atoms with Crippen molar-refractivity contribution in [3.8, 4) is 17.1 Å². The number of aryl methyl sites for hydroxylation is 1. The molecule has 0 unspecified atom stereocenters. The maximum atomic E-state index is 12.5. The molecular formula is C24H22N4O3. The molecule has 1 amide bonds. The van der Waals surface area contributed by atoms with Crippen molar-refractivity contribution in [2.45, 2.75) is 19.3 Å². The minimum atomic E-state index is -0.0497. The molecule has 7 heteroatoms. The van der Waals surface area contributed by atoms with Crippen molar-refractivity contribution in [2.75, 3.05) is 12.4 Å². The molecule has 0 aliphatic carbocycles. The van der Waals surface area contributed by atoms with Crippen LogP contribution in [0.5, 0.6) is 5.75 Å². The molecule has 7 nitrogen and oxygen atoms in total. The number of nitrogens with zero attached hydrogens (tertiary/aromatic N) is 3. The van der Waals surface area contributed by atoms with Crippen LogP contribution in [0.2, 0.25) is 0 Å². The Kier molecular flexibility index (Phi) is 6.32. The van der Waals surface area contributed by atoms with Crippen molar-refractivity contribution >= 4 is 11.6 Å². The lowest BCUT2D eigenvalue weighted by atomic mass is 10.1. The fourth-order valence-electron chi connectivity index (χ4n) is 3.17. The van der Waals surface area contributed by atoms with Gasteiger partial charge in [0.15, 0.2) is 0 Å². The van der Waals surface area contributed by atoms with E-state index in [0.717, 1.165) is 28.1 Å². The highest BCUT2D eigenvalue weighted by atomic mass is 16.5. The van der Waals surface area contributed by atoms with E-state index in [1.807, 2.05) is 60.7 Å². The van der Waals surface area contributed by atoms with E-state index >= 15 is 0 Å². The lowest BCUT2D eigenvalue weighted by molar-refractivity contribution is -0.116. The molecule has 0 bridgehead atoms. The Hall–Kier alpha value is -4.00. The van der Waals surface area contributed by atoms with Gasteiger partial charge in [0, 0.05) is 30.1 Å². The highest BCUT2D eigenvalue weighted by Gasteiger charge is 2.13. The predicted octanol–water partition coefficient (Wildman–Crippen LogP) is 4.30. The number of benzene rings is 2. The summed E-state index contributed by atoms with van der Waals surface area (Å²) in [6.07, 6.45) is 4.82. The van der Waals surface area contributed by atoms with Crippen LogP contribution in [0.4, 0.5) is 5.69 Å². The standard InChI is InChI=1S/C24H22N4O3/c1-30-20-9-6-17(7-10-20)8-11-22(29)26-21-5-3-2-4-19(21)16-23-27-24(28-31-23)18-12-14-25-15-13-18/h2-7,9-10,12-15H,8,11,16H2,1H3,(H,26,29). The van der Waals surface area contributed by atoms with Crippen LogP contribution >= 0.6 is 0 Å². The number of nitrogens with one attached hydrogen (secondary N) is 1. The fraction of sp³-hybridized carbons (Fsp3) is 0.167. The number of pyridine rings is 1. The zero-order chi connectivity index (χ0) is 21.5. The van der Waals surface area contributed by atoms with E-state index in [2.05, 4.69) is 20.4 Å². The van der Waals surface area contributed by atoms with Gasteiger partial charge in [-0.25, -0.2) is 0 Å². The zero-order valence-corrected chi connectivity index (χ0v) is 17.1. The summed E-state index contributed by atoms with van der Waals surface area (Å²) in [5.41, 5.74) is 3.57. The van der Waals surface area contributed by atoms with E-state index in [1.165, 1.54) is 0 Å². The van der Waals surface area contributed by atoms with Crippen molar-refractivity contribution in [3.63, 3.8) is 0 Å². The van der Waals surface area contributed by atoms with Crippen LogP contribution in [0.15, 0.2) is 77.6 Å². The van der Waals surface area contributed by atoms with Crippen LogP contribution in [-0.4, -0.2) is 28.1 Å². The first-order valence-electron chi connectivity index (χ1n) is 9.95. The number of hydrogen-bond acceptors (Lipinski definition) is 6. The molecule has 31 heavy (non-hydrogen) atoms. The Morgan fingerprint density at radius 3 is 2.58 bits per heavy atom. The quantitative estimate of drug-likeness (QED) is 0.462. The number of aromatic nitrogens is 3. The lowest BCUT2D eigenvalue weighted by Crippen LogP contribution is -2.14. The number of methoxy groups -OCH3 is 1. The molecular weight excluding hydrogens is 392 g/mol. The first-order chi connectivity index (χ1) is 15.2. The summed E-state index contributed by atoms with van der Waals surface area (Å²) in [4.78, 5) is 21.0. The average molecular weight is 414 g/mol. The van der Waals surface area contributed by atoms with Crippen LogP contribution in [0.25, 0.3) is 11.4 Å². The summed E-state index contributed by atoms with van der Waals surface area (Å²) in [5.74, 6) is 1.74. The minimum Gasteiger partial charge on any atom is -0.497 e. The van der Waals surface area contributed by atoms with Gasteiger partial charge in [-0.05, 0) is 47.9 Å². The normalized spacial score (nSPS) is 10.6. The van der Waals surface area contributed by atoms with Gasteiger partial charge in [-0.3, -0.25) is 9.78 Å². The van der Waals surface area contributed by atoms with Crippen molar-refractivity contribution < 1.29 is 14.1 Å². The van der Waals surface area contributed by atoms with Crippen molar-refractivity contribution in [2.24, 2.45) is 0 Å². The molecule has 2 heterocycles. The van der Waals surface area contributed by atoms with Gasteiger partial charge in [-0.2, -0.15) is 4.98 Å². The predicted molar refractivity (Wildman–Crippen MR) is 117 cm³/mol. The summed E-state index contributed by atoms with van der Waals surface area (Å²) in [6.45, 7) is 0. The molecule has 0 aliphatic rings. The van der Waals surface area contributed by atoms with Crippen LogP contribution < -0.4 is 10.1 Å². The molecule has 0 radical (unpaired) electrons. The number of amides is 1. The molecule has 0 aliphatic heterocycles. The third-order valence-corrected chi connectivity index (χ3v) is 4.84. The Balaban J connectivity index is 1.39. The molecule has 0 spiro atoms. The number of carbonyl (C=O) groups is 1. The third-order valence-electron chi connectivity index (χ3n) is 4.84. The molecule has 4 aromatic rings. The van der Waals surface area contributed by atoms with E-state index in [0.29, 0.717) is 31.0 Å². The van der Waals surface area contributed by atoms with Gasteiger partial charge in [0.25, 0.3) is 0 Å². The first kappa shape index (κ1) is 20.3. The van der Waals surface area contributed by atoms with Gasteiger partial charge in [0.05, 0.1) is 13.5 Å². The second-order valence-electron chi connectivity index (χ2n) is 6.98. The number of anilines is 1. The molecule has 1 N–H and O–H groups in total. The molecule has 4 rings (SSSR count). The van der Waals surface area contributed by atoms with Crippen molar-refractivity contribution in [1.29, 1.82) is 0 Å². The topological polar surface area (TPSA) is 90.1 Å². The van der Waals surface area contributed by atoms with Crippen LogP contribution in [0.3, 0.4) is 0 Å². The number of rotatable bonds is 8. The summed E-state index contributed by atoms with van der Waals surface area (Å²) >= 11 is 0. The van der Waals surface area contributed by atoms with Crippen molar-refractivity contribution in [1.82, 2.24) is 15.1 Å². The maximum Gasteiger partial charge on any atom is 0.231 e. The SMILES string of the molecule is COc1ccc(CCC(=O)Nc2ccccc2Cc2nc(-c3ccncc3)no2)cc1. The van der Waals surface area contributed by atoms with Crippen LogP contribution in [-0.2, 0) is 17.6 Å². The number of hydrogen-bond donors (Lipinski definition) is 1. The molecule has 0 atom stereocenters. The summed E-state index contributed by atoms with van der Waals surface area (Å²) in [7, 11) is 1.63. The van der Waals surface area contributed by atoms with E-state index in [9.17, 15) is 4.79 Å². The van der Waals surface area contributed by atoms with Gasteiger partial charge in [-0.15, -0.1) is 0 Å². The first-order valence-corrected chi connectivity index (χ1v) is 9.95. The second-order valence-corrected chi connectivity index (χ2v) is 6.98. The van der Waals surface area contributed by atoms with Crippen LogP contribution in [0.1, 0.15) is 23.4 Å². The monoisotopic (exact) mass is 414 g/mol. The van der Waals surface area contributed by atoms with E-state index < -0.39 is 0 Å². The molecule has 0 saturated heterocycles. The largest absolute Gasteiger partial charge is 0.497 e. The molecule has 0 saturated carbocycles. The summed E-state index contributed by atoms with van der Waals surface area (Å²) in [5, 5.41) is 7.04. The van der Waals surface area contributed by atoms with E-state index in [-0.39, 0.29) is 5.91 Å². The smallest absolute Gasteiger partial charge is 0.231 e. The third kappa shape index (κ3) is 5.33. The van der Waals surface area contributed by atoms with Gasteiger partial charge >= 0.3 is 0 Å². The fourth-order valence-corrected chi connectivity index (χ4v) is 3.17. The Morgan fingerprint density at radius 2 is 1.81 bits per heavy atom. The van der Waals surface area contributed by atoms with Gasteiger partial charge in [0.2, 0.25) is 17.6 Å². The number of para-hydroxylation sites is 1. The molecule has 2 aromatic carbocycles. The average Bonchev–Trinajstić information content (AvgIpc) is 3.28. The Morgan fingerprint density at radius 1 is 1.03 bits per heavy atom. The van der Waals surface area contributed by atoms with Gasteiger partial charge in [0.1, 0.15) is 5.75 Å². The maximum absolute atomic E-state index is 12.5. The summed E-state index contributed by atoms with van der Waals surface area (Å²) in [6, 6.07) is 19.0. The van der Waals surface area contributed by atoms with E-state index in [4.69, 9.17) is 9.26 Å². The van der Waals surface area contributed by atoms with Crippen molar-refractivity contribution in [3.05, 3.63) is 90.1 Å². The summed E-state index contributed by atoms with van der Waals surface area (Å²) < 4.78 is 10.6. The lowest BCUT2D eigenvalue weighted by Gasteiger charge is -2.10. The minimum absolute atomic E-state index is 0.0497. The van der Waals surface area contributed by atoms with Crippen LogP contribution in [0, 0.1) is 0 Å². The zero-order valence-electron chi connectivity index (χ0n) is 17.1. The Labute approximate surface area is 180 Å². The van der Waals surface area contributed by atoms with Gasteiger partial charge in [-0.1, -0.05) is 35.5 Å². The number of ether oxygens (including phenoxy) is 1. The molecule has 0 fully saturated rings. The highest BCUT2D eigenvalue weighted by Crippen LogP contribution is 2.21. The van der Waals surface area contributed by atoms with Gasteiger partial charge < -0.3 is 14.6 Å². The second kappa shape index (κ2) is 9.67. The highest BCUT2D eigenvalue weighted by molar-refractivity contribution is 5.91. The Bertz CT molecular complexity index is 1140.